The fourth-order valence-corrected chi connectivity index (χ4v) is 8.10. The highest BCUT2D eigenvalue weighted by Gasteiger charge is 2.42. The maximum absolute atomic E-state index is 13.2. The Kier molecular flexibility index (Phi) is 7.36. The second-order valence-corrected chi connectivity index (χ2v) is 13.7. The number of nitrogens with one attached hydrogen (secondary N) is 2. The summed E-state index contributed by atoms with van der Waals surface area (Å²) < 4.78 is 32.7. The molecule has 2 aliphatic heterocycles. The number of rotatable bonds is 5. The van der Waals surface area contributed by atoms with Gasteiger partial charge in [-0.3, -0.25) is 4.79 Å². The molecule has 0 unspecified atom stereocenters. The number of esters is 1. The van der Waals surface area contributed by atoms with Crippen molar-refractivity contribution in [2.45, 2.75) is 75.8 Å². The number of hydrogen-bond donors (Lipinski definition) is 2. The minimum atomic E-state index is -3.60. The van der Waals surface area contributed by atoms with Crippen molar-refractivity contribution in [3.05, 3.63) is 45.8 Å². The SMILES string of the molecule is COC(=O)c1c(NC(=O)c2ccc(S(=O)(=O)N3CCCCCC3)cc2)sc2c1CC(C)(C)NC2(C)C. The van der Waals surface area contributed by atoms with Gasteiger partial charge in [-0.05, 0) is 76.8 Å². The van der Waals surface area contributed by atoms with Gasteiger partial charge in [-0.15, -0.1) is 11.3 Å². The van der Waals surface area contributed by atoms with Crippen molar-refractivity contribution in [2.75, 3.05) is 25.5 Å². The molecule has 3 heterocycles. The molecule has 2 aromatic rings. The Balaban J connectivity index is 1.61. The van der Waals surface area contributed by atoms with Crippen molar-refractivity contribution in [1.82, 2.24) is 9.62 Å². The number of thiophene rings is 1. The van der Waals surface area contributed by atoms with Crippen LogP contribution < -0.4 is 10.6 Å². The summed E-state index contributed by atoms with van der Waals surface area (Å²) in [7, 11) is -2.27. The number of anilines is 1. The third kappa shape index (κ3) is 5.22. The second-order valence-electron chi connectivity index (χ2n) is 10.7. The number of hydrogen-bond acceptors (Lipinski definition) is 7. The predicted octanol–water partition coefficient (Wildman–Crippen LogP) is 4.51. The number of methoxy groups -OCH3 is 1. The first-order valence-electron chi connectivity index (χ1n) is 12.3. The van der Waals surface area contributed by atoms with E-state index in [0.29, 0.717) is 35.6 Å². The third-order valence-corrected chi connectivity index (χ3v) is 10.2. The molecule has 0 radical (unpaired) electrons. The summed E-state index contributed by atoms with van der Waals surface area (Å²) in [5, 5.41) is 6.93. The molecule has 0 bridgehead atoms. The fourth-order valence-electron chi connectivity index (χ4n) is 5.32. The van der Waals surface area contributed by atoms with E-state index in [0.717, 1.165) is 36.1 Å². The van der Waals surface area contributed by atoms with Crippen LogP contribution in [-0.2, 0) is 26.7 Å². The zero-order valence-corrected chi connectivity index (χ0v) is 23.2. The van der Waals surface area contributed by atoms with Crippen molar-refractivity contribution in [2.24, 2.45) is 0 Å². The Labute approximate surface area is 217 Å². The topological polar surface area (TPSA) is 105 Å². The minimum absolute atomic E-state index is 0.179. The lowest BCUT2D eigenvalue weighted by molar-refractivity contribution is 0.0600. The van der Waals surface area contributed by atoms with E-state index in [2.05, 4.69) is 38.3 Å². The van der Waals surface area contributed by atoms with Crippen LogP contribution in [-0.4, -0.2) is 50.3 Å². The van der Waals surface area contributed by atoms with Gasteiger partial charge in [0, 0.05) is 34.6 Å². The van der Waals surface area contributed by atoms with Crippen LogP contribution in [0.1, 0.15) is 84.5 Å². The van der Waals surface area contributed by atoms with E-state index in [4.69, 9.17) is 4.74 Å². The number of carbonyl (C=O) groups is 2. The first kappa shape index (κ1) is 26.8. The Morgan fingerprint density at radius 1 is 1.03 bits per heavy atom. The molecular formula is C26H35N3O5S2. The average Bonchev–Trinajstić information content (AvgIpc) is 2.98. The van der Waals surface area contributed by atoms with E-state index in [9.17, 15) is 18.0 Å². The summed E-state index contributed by atoms with van der Waals surface area (Å²) in [5.41, 5.74) is 0.945. The van der Waals surface area contributed by atoms with E-state index in [1.807, 2.05) is 0 Å². The number of fused-ring (bicyclic) bond motifs is 1. The van der Waals surface area contributed by atoms with Crippen molar-refractivity contribution < 1.29 is 22.7 Å². The number of ether oxygens (including phenoxy) is 1. The first-order valence-corrected chi connectivity index (χ1v) is 14.6. The molecule has 0 spiro atoms. The number of benzene rings is 1. The normalized spacial score (nSPS) is 19.7. The van der Waals surface area contributed by atoms with Gasteiger partial charge in [0.15, 0.2) is 0 Å². The summed E-state index contributed by atoms with van der Waals surface area (Å²) in [5.74, 6) is -0.905. The van der Waals surface area contributed by atoms with E-state index < -0.39 is 27.4 Å². The molecule has 0 aliphatic carbocycles. The predicted molar refractivity (Wildman–Crippen MR) is 141 cm³/mol. The molecule has 1 amide bonds. The van der Waals surface area contributed by atoms with E-state index in [1.54, 1.807) is 0 Å². The van der Waals surface area contributed by atoms with Gasteiger partial charge in [-0.2, -0.15) is 4.31 Å². The summed E-state index contributed by atoms with van der Waals surface area (Å²) in [6, 6.07) is 5.98. The van der Waals surface area contributed by atoms with Crippen LogP contribution in [0.5, 0.6) is 0 Å². The van der Waals surface area contributed by atoms with Gasteiger partial charge in [0.2, 0.25) is 10.0 Å². The van der Waals surface area contributed by atoms with Gasteiger partial charge >= 0.3 is 5.97 Å². The van der Waals surface area contributed by atoms with Crippen molar-refractivity contribution in [3.8, 4) is 0 Å². The van der Waals surface area contributed by atoms with E-state index in [-0.39, 0.29) is 10.4 Å². The Morgan fingerprint density at radius 3 is 2.22 bits per heavy atom. The molecule has 0 saturated carbocycles. The third-order valence-electron chi connectivity index (χ3n) is 6.78. The van der Waals surface area contributed by atoms with Crippen LogP contribution in [0.15, 0.2) is 29.2 Å². The maximum Gasteiger partial charge on any atom is 0.341 e. The molecule has 1 fully saturated rings. The molecule has 0 atom stereocenters. The standard InChI is InChI=1S/C26H35N3O5S2/c1-25(2)16-19-20(24(31)34-5)23(35-21(19)26(3,4)28-25)27-22(30)17-10-12-18(13-11-17)36(32,33)29-14-8-6-7-9-15-29/h10-13,28H,6-9,14-16H2,1-5H3,(H,27,30). The zero-order chi connectivity index (χ0) is 26.3. The summed E-state index contributed by atoms with van der Waals surface area (Å²) >= 11 is 1.37. The maximum atomic E-state index is 13.2. The lowest BCUT2D eigenvalue weighted by Crippen LogP contribution is -2.55. The monoisotopic (exact) mass is 533 g/mol. The number of sulfonamides is 1. The van der Waals surface area contributed by atoms with Gasteiger partial charge in [-0.1, -0.05) is 12.8 Å². The van der Waals surface area contributed by atoms with Crippen molar-refractivity contribution >= 4 is 38.2 Å². The lowest BCUT2D eigenvalue weighted by atomic mass is 9.81. The van der Waals surface area contributed by atoms with Crippen LogP contribution in [0.4, 0.5) is 5.00 Å². The minimum Gasteiger partial charge on any atom is -0.465 e. The fraction of sp³-hybridized carbons (Fsp3) is 0.538. The lowest BCUT2D eigenvalue weighted by Gasteiger charge is -2.42. The zero-order valence-electron chi connectivity index (χ0n) is 21.6. The van der Waals surface area contributed by atoms with Crippen LogP contribution in [0, 0.1) is 0 Å². The van der Waals surface area contributed by atoms with Crippen molar-refractivity contribution in [1.29, 1.82) is 0 Å². The average molecular weight is 534 g/mol. The quantitative estimate of drug-likeness (QED) is 0.548. The molecule has 1 aromatic heterocycles. The smallest absolute Gasteiger partial charge is 0.341 e. The molecule has 8 nitrogen and oxygen atoms in total. The second kappa shape index (κ2) is 9.89. The van der Waals surface area contributed by atoms with Crippen LogP contribution in [0.3, 0.4) is 0 Å². The molecule has 1 aromatic carbocycles. The molecule has 2 N–H and O–H groups in total. The van der Waals surface area contributed by atoms with E-state index >= 15 is 0 Å². The largest absolute Gasteiger partial charge is 0.465 e. The van der Waals surface area contributed by atoms with Gasteiger partial charge < -0.3 is 15.4 Å². The highest BCUT2D eigenvalue weighted by Crippen LogP contribution is 2.45. The van der Waals surface area contributed by atoms with Gasteiger partial charge in [-0.25, -0.2) is 13.2 Å². The number of nitrogens with zero attached hydrogens (tertiary/aromatic N) is 1. The molecule has 36 heavy (non-hydrogen) atoms. The van der Waals surface area contributed by atoms with Gasteiger partial charge in [0.1, 0.15) is 5.00 Å². The van der Waals surface area contributed by atoms with Crippen LogP contribution >= 0.6 is 11.3 Å². The molecule has 2 aliphatic rings. The molecule has 4 rings (SSSR count). The first-order chi connectivity index (χ1) is 16.9. The Morgan fingerprint density at radius 2 is 1.64 bits per heavy atom. The Bertz CT molecular complexity index is 1260. The highest BCUT2D eigenvalue weighted by atomic mass is 32.2. The highest BCUT2D eigenvalue weighted by molar-refractivity contribution is 7.89. The Hall–Kier alpha value is -2.27. The van der Waals surface area contributed by atoms with Gasteiger partial charge in [0.05, 0.1) is 17.6 Å². The molecular weight excluding hydrogens is 498 g/mol. The summed E-state index contributed by atoms with van der Waals surface area (Å²) in [4.78, 5) is 27.1. The van der Waals surface area contributed by atoms with Crippen molar-refractivity contribution in [3.63, 3.8) is 0 Å². The molecule has 196 valence electrons. The van der Waals surface area contributed by atoms with Crippen LogP contribution in [0.2, 0.25) is 0 Å². The molecule has 10 heteroatoms. The van der Waals surface area contributed by atoms with Crippen LogP contribution in [0.25, 0.3) is 0 Å². The number of amides is 1. The summed E-state index contributed by atoms with van der Waals surface area (Å²) in [6.07, 6.45) is 4.41. The van der Waals surface area contributed by atoms with E-state index in [1.165, 1.54) is 47.0 Å². The van der Waals surface area contributed by atoms with Gasteiger partial charge in [0.25, 0.3) is 5.91 Å². The summed E-state index contributed by atoms with van der Waals surface area (Å²) in [6.45, 7) is 9.31. The molecule has 1 saturated heterocycles. The number of carbonyl (C=O) groups excluding carboxylic acids is 2.